The number of anilines is 1. The molecular weight excluding hydrogens is 242 g/mol. The van der Waals surface area contributed by atoms with E-state index in [9.17, 15) is 0 Å². The average molecular weight is 256 g/mol. The Balaban J connectivity index is 2.40. The molecule has 1 aliphatic heterocycles. The van der Waals surface area contributed by atoms with E-state index in [0.29, 0.717) is 5.75 Å². The standard InChI is InChI=1S/C12H14ClNOS/c1-12(2)7-14(3)10-6-8(15-11(13)16)4-5-9(10)12/h4-6H,7H2,1-3H3. The number of fused-ring (bicyclic) bond motifs is 1. The van der Waals surface area contributed by atoms with E-state index in [-0.39, 0.29) is 9.92 Å². The number of likely N-dealkylation sites (N-methyl/N-ethyl adjacent to an activating group) is 1. The lowest BCUT2D eigenvalue weighted by molar-refractivity contribution is 0.561. The lowest BCUT2D eigenvalue weighted by atomic mass is 9.87. The molecule has 1 aromatic rings. The molecule has 86 valence electrons. The quantitative estimate of drug-likeness (QED) is 0.564. The second-order valence-corrected chi connectivity index (χ2v) is 5.70. The number of benzene rings is 1. The Labute approximate surface area is 106 Å². The molecule has 0 fully saturated rings. The Kier molecular flexibility index (Phi) is 2.84. The van der Waals surface area contributed by atoms with Gasteiger partial charge in [-0.2, -0.15) is 0 Å². The van der Waals surface area contributed by atoms with Gasteiger partial charge in [0.1, 0.15) is 5.75 Å². The number of hydrogen-bond donors (Lipinski definition) is 0. The van der Waals surface area contributed by atoms with Crippen LogP contribution in [0.5, 0.6) is 5.75 Å². The third-order valence-electron chi connectivity index (χ3n) is 2.94. The predicted molar refractivity (Wildman–Crippen MR) is 71.8 cm³/mol. The minimum absolute atomic E-state index is 0.0276. The lowest BCUT2D eigenvalue weighted by Gasteiger charge is -2.18. The van der Waals surface area contributed by atoms with Crippen LogP contribution in [0.2, 0.25) is 0 Å². The highest BCUT2D eigenvalue weighted by Gasteiger charge is 2.33. The van der Waals surface area contributed by atoms with Crippen LogP contribution in [0.15, 0.2) is 18.2 Å². The molecular formula is C12H14ClNOS. The molecule has 0 aliphatic carbocycles. The van der Waals surface area contributed by atoms with Gasteiger partial charge in [0.25, 0.3) is 4.51 Å². The van der Waals surface area contributed by atoms with Gasteiger partial charge in [-0.05, 0) is 35.4 Å². The highest BCUT2D eigenvalue weighted by Crippen LogP contribution is 2.41. The first-order valence-electron chi connectivity index (χ1n) is 5.13. The van der Waals surface area contributed by atoms with Gasteiger partial charge in [0.15, 0.2) is 0 Å². The van der Waals surface area contributed by atoms with Gasteiger partial charge in [0.05, 0.1) is 0 Å². The number of rotatable bonds is 1. The van der Waals surface area contributed by atoms with Crippen molar-refractivity contribution >= 4 is 34.0 Å². The highest BCUT2D eigenvalue weighted by molar-refractivity contribution is 7.82. The van der Waals surface area contributed by atoms with Crippen LogP contribution in [0.25, 0.3) is 0 Å². The van der Waals surface area contributed by atoms with E-state index in [2.05, 4.69) is 31.9 Å². The van der Waals surface area contributed by atoms with Gasteiger partial charge in [-0.25, -0.2) is 0 Å². The molecule has 0 bridgehead atoms. The summed E-state index contributed by atoms with van der Waals surface area (Å²) in [5, 5.41) is 0. The van der Waals surface area contributed by atoms with Gasteiger partial charge in [-0.3, -0.25) is 0 Å². The molecule has 0 aromatic heterocycles. The van der Waals surface area contributed by atoms with Crippen LogP contribution in [-0.4, -0.2) is 18.1 Å². The first-order chi connectivity index (χ1) is 7.40. The van der Waals surface area contributed by atoms with Crippen LogP contribution < -0.4 is 9.64 Å². The van der Waals surface area contributed by atoms with Crippen molar-refractivity contribution in [1.29, 1.82) is 0 Å². The second kappa shape index (κ2) is 3.90. The molecule has 0 radical (unpaired) electrons. The fraction of sp³-hybridized carbons (Fsp3) is 0.417. The van der Waals surface area contributed by atoms with Crippen LogP contribution in [0.4, 0.5) is 5.69 Å². The van der Waals surface area contributed by atoms with E-state index in [4.69, 9.17) is 28.6 Å². The van der Waals surface area contributed by atoms with Crippen LogP contribution in [0, 0.1) is 0 Å². The van der Waals surface area contributed by atoms with Crippen LogP contribution in [0.3, 0.4) is 0 Å². The van der Waals surface area contributed by atoms with E-state index >= 15 is 0 Å². The van der Waals surface area contributed by atoms with Crippen molar-refractivity contribution in [1.82, 2.24) is 0 Å². The van der Waals surface area contributed by atoms with Gasteiger partial charge in [-0.1, -0.05) is 19.9 Å². The fourth-order valence-corrected chi connectivity index (χ4v) is 2.50. The Morgan fingerprint density at radius 2 is 2.19 bits per heavy atom. The number of thiocarbonyl (C=S) groups is 1. The van der Waals surface area contributed by atoms with Crippen molar-refractivity contribution in [2.24, 2.45) is 0 Å². The Morgan fingerprint density at radius 3 is 2.81 bits per heavy atom. The lowest BCUT2D eigenvalue weighted by Crippen LogP contribution is -2.24. The summed E-state index contributed by atoms with van der Waals surface area (Å²) in [6.45, 7) is 5.49. The predicted octanol–water partition coefficient (Wildman–Crippen LogP) is 3.32. The molecule has 2 nitrogen and oxygen atoms in total. The number of ether oxygens (including phenoxy) is 1. The molecule has 0 atom stereocenters. The summed E-state index contributed by atoms with van der Waals surface area (Å²) in [4.78, 5) is 2.22. The van der Waals surface area contributed by atoms with E-state index < -0.39 is 0 Å². The first-order valence-corrected chi connectivity index (χ1v) is 5.92. The second-order valence-electron chi connectivity index (χ2n) is 4.76. The SMILES string of the molecule is CN1CC(C)(C)c2ccc(OC(=S)Cl)cc21. The maximum absolute atomic E-state index is 5.55. The fourth-order valence-electron chi connectivity index (χ4n) is 2.32. The topological polar surface area (TPSA) is 12.5 Å². The summed E-state index contributed by atoms with van der Waals surface area (Å²) in [6, 6.07) is 5.98. The van der Waals surface area contributed by atoms with Crippen molar-refractivity contribution in [2.75, 3.05) is 18.5 Å². The smallest absolute Gasteiger partial charge is 0.260 e. The molecule has 1 aliphatic rings. The Bertz CT molecular complexity index is 445. The molecule has 0 saturated carbocycles. The number of nitrogens with zero attached hydrogens (tertiary/aromatic N) is 1. The molecule has 0 amide bonds. The van der Waals surface area contributed by atoms with Crippen molar-refractivity contribution in [3.63, 3.8) is 0 Å². The van der Waals surface area contributed by atoms with E-state index in [1.54, 1.807) is 0 Å². The van der Waals surface area contributed by atoms with Gasteiger partial charge in [0, 0.05) is 30.8 Å². The van der Waals surface area contributed by atoms with E-state index in [0.717, 1.165) is 6.54 Å². The van der Waals surface area contributed by atoms with Gasteiger partial charge >= 0.3 is 0 Å². The summed E-state index contributed by atoms with van der Waals surface area (Å²) in [7, 11) is 2.08. The maximum atomic E-state index is 5.55. The Hall–Kier alpha value is -0.800. The number of hydrogen-bond acceptors (Lipinski definition) is 3. The monoisotopic (exact) mass is 255 g/mol. The summed E-state index contributed by atoms with van der Waals surface area (Å²) >= 11 is 10.3. The Morgan fingerprint density at radius 1 is 1.50 bits per heavy atom. The molecule has 1 aromatic carbocycles. The van der Waals surface area contributed by atoms with Crippen LogP contribution >= 0.6 is 23.8 Å². The summed E-state index contributed by atoms with van der Waals surface area (Å²) < 4.78 is 5.25. The molecule has 4 heteroatoms. The van der Waals surface area contributed by atoms with Crippen molar-refractivity contribution in [2.45, 2.75) is 19.3 Å². The van der Waals surface area contributed by atoms with Gasteiger partial charge in [0.2, 0.25) is 0 Å². The summed E-state index contributed by atoms with van der Waals surface area (Å²) in [5.74, 6) is 0.698. The van der Waals surface area contributed by atoms with Crippen molar-refractivity contribution in [3.8, 4) is 5.75 Å². The zero-order valence-electron chi connectivity index (χ0n) is 9.58. The average Bonchev–Trinajstić information content (AvgIpc) is 2.36. The van der Waals surface area contributed by atoms with Crippen molar-refractivity contribution < 1.29 is 4.74 Å². The largest absolute Gasteiger partial charge is 0.436 e. The third kappa shape index (κ3) is 2.02. The molecule has 0 spiro atoms. The minimum Gasteiger partial charge on any atom is -0.436 e. The van der Waals surface area contributed by atoms with Crippen LogP contribution in [0.1, 0.15) is 19.4 Å². The maximum Gasteiger partial charge on any atom is 0.260 e. The summed E-state index contributed by atoms with van der Waals surface area (Å²) in [6.07, 6.45) is 0. The zero-order chi connectivity index (χ0) is 11.9. The molecule has 16 heavy (non-hydrogen) atoms. The third-order valence-corrected chi connectivity index (χ3v) is 3.10. The first kappa shape index (κ1) is 11.7. The normalized spacial score (nSPS) is 17.1. The minimum atomic E-state index is 0.0276. The zero-order valence-corrected chi connectivity index (χ0v) is 11.2. The molecule has 0 saturated heterocycles. The van der Waals surface area contributed by atoms with Gasteiger partial charge < -0.3 is 9.64 Å². The van der Waals surface area contributed by atoms with E-state index in [1.807, 2.05) is 12.1 Å². The van der Waals surface area contributed by atoms with E-state index in [1.165, 1.54) is 11.3 Å². The number of halogens is 1. The van der Waals surface area contributed by atoms with Gasteiger partial charge in [-0.15, -0.1) is 0 Å². The van der Waals surface area contributed by atoms with Crippen molar-refractivity contribution in [3.05, 3.63) is 23.8 Å². The summed E-state index contributed by atoms with van der Waals surface area (Å²) in [5.41, 5.74) is 2.71. The molecule has 1 heterocycles. The highest BCUT2D eigenvalue weighted by atomic mass is 35.5. The van der Waals surface area contributed by atoms with Crippen LogP contribution in [-0.2, 0) is 5.41 Å². The molecule has 0 unspecified atom stereocenters. The molecule has 2 rings (SSSR count). The molecule has 0 N–H and O–H groups in total.